The van der Waals surface area contributed by atoms with Crippen molar-refractivity contribution in [3.8, 4) is 0 Å². The first-order valence-electron chi connectivity index (χ1n) is 1.76. The third-order valence-electron chi connectivity index (χ3n) is 0.341. The lowest BCUT2D eigenvalue weighted by molar-refractivity contribution is -0.113. The lowest BCUT2D eigenvalue weighted by Crippen LogP contribution is -2.05. The molecule has 0 aliphatic carbocycles. The van der Waals surface area contributed by atoms with E-state index in [9.17, 15) is 4.79 Å². The molecule has 0 fully saturated rings. The Morgan fingerprint density at radius 1 is 1.86 bits per heavy atom. The molecule has 0 bridgehead atoms. The van der Waals surface area contributed by atoms with Crippen LogP contribution in [0.15, 0.2) is 9.66 Å². The smallest absolute Gasteiger partial charge is 0.242 e. The average molecular weight is 211 g/mol. The van der Waals surface area contributed by atoms with E-state index in [-0.39, 0.29) is 5.91 Å². The Kier molecular flexibility index (Phi) is 2.98. The highest BCUT2D eigenvalue weighted by Crippen LogP contribution is 2.00. The molecule has 0 aromatic heterocycles. The fourth-order valence-corrected chi connectivity index (χ4v) is 0.503. The second-order valence-corrected chi connectivity index (χ2v) is 2.84. The first-order valence-corrected chi connectivity index (χ1v) is 2.84. The summed E-state index contributed by atoms with van der Waals surface area (Å²) in [6.45, 7) is 1.81. The van der Waals surface area contributed by atoms with Crippen LogP contribution in [0.3, 0.4) is 0 Å². The number of rotatable bonds is 1. The summed E-state index contributed by atoms with van der Waals surface area (Å²) in [5, 5.41) is 0. The Bertz CT molecular complexity index is 104. The fraction of sp³-hybridized carbons (Fsp3) is 0.250. The number of carbonyl (C=O) groups excluding carboxylic acids is 1. The van der Waals surface area contributed by atoms with Crippen molar-refractivity contribution in [3.05, 3.63) is 9.66 Å². The van der Waals surface area contributed by atoms with Gasteiger partial charge in [0.05, 0.1) is 0 Å². The zero-order chi connectivity index (χ0) is 5.86. The second-order valence-electron chi connectivity index (χ2n) is 1.13. The molecular formula is C4H6INO. The maximum Gasteiger partial charge on any atom is 0.242 e. The van der Waals surface area contributed by atoms with Gasteiger partial charge in [-0.1, -0.05) is 0 Å². The van der Waals surface area contributed by atoms with Crippen molar-refractivity contribution < 1.29 is 4.79 Å². The van der Waals surface area contributed by atoms with E-state index < -0.39 is 0 Å². The summed E-state index contributed by atoms with van der Waals surface area (Å²) >= 11 is 2.02. The molecular weight excluding hydrogens is 205 g/mol. The number of allylic oxidation sites excluding steroid dienone is 1. The number of carbonyl (C=O) groups is 1. The number of hydrogen-bond donors (Lipinski definition) is 1. The predicted molar refractivity (Wildman–Crippen MR) is 37.0 cm³/mol. The third-order valence-corrected chi connectivity index (χ3v) is 0.653. The van der Waals surface area contributed by atoms with Crippen LogP contribution in [0.5, 0.6) is 0 Å². The van der Waals surface area contributed by atoms with E-state index in [2.05, 4.69) is 0 Å². The van der Waals surface area contributed by atoms with Crippen LogP contribution in [0.1, 0.15) is 6.92 Å². The van der Waals surface area contributed by atoms with Gasteiger partial charge in [-0.15, -0.1) is 0 Å². The quantitative estimate of drug-likeness (QED) is 0.506. The third kappa shape index (κ3) is 5.94. The van der Waals surface area contributed by atoms with E-state index >= 15 is 0 Å². The summed E-state index contributed by atoms with van der Waals surface area (Å²) in [4.78, 5) is 9.95. The van der Waals surface area contributed by atoms with Gasteiger partial charge in [0.25, 0.3) is 0 Å². The van der Waals surface area contributed by atoms with E-state index in [1.54, 1.807) is 0 Å². The fourth-order valence-electron chi connectivity index (χ4n) is 0.196. The Hall–Kier alpha value is -0.0600. The molecule has 2 N–H and O–H groups in total. The van der Waals surface area contributed by atoms with Gasteiger partial charge in [0.15, 0.2) is 0 Å². The van der Waals surface area contributed by atoms with Gasteiger partial charge in [0.1, 0.15) is 0 Å². The summed E-state index contributed by atoms with van der Waals surface area (Å²) < 4.78 is 0.908. The normalized spacial score (nSPS) is 11.4. The first kappa shape index (κ1) is 6.94. The van der Waals surface area contributed by atoms with Crippen molar-refractivity contribution in [2.24, 2.45) is 5.73 Å². The molecule has 0 unspecified atom stereocenters. The molecule has 0 aromatic rings. The number of hydrogen-bond acceptors (Lipinski definition) is 1. The lowest BCUT2D eigenvalue weighted by Gasteiger charge is -1.78. The molecule has 1 amide bonds. The number of amides is 1. The standard InChI is InChI=1S/C4H6INO/c1-3(5)2-4(6)7/h2H,1H3,(H2,6,7)/b3-2-. The van der Waals surface area contributed by atoms with E-state index in [0.29, 0.717) is 0 Å². The van der Waals surface area contributed by atoms with Gasteiger partial charge in [-0.3, -0.25) is 4.79 Å². The summed E-state index contributed by atoms with van der Waals surface area (Å²) in [5.41, 5.74) is 4.77. The summed E-state index contributed by atoms with van der Waals surface area (Å²) in [7, 11) is 0. The highest BCUT2D eigenvalue weighted by atomic mass is 127. The molecule has 0 radical (unpaired) electrons. The molecule has 0 rings (SSSR count). The average Bonchev–Trinajstić information content (AvgIpc) is 1.27. The van der Waals surface area contributed by atoms with Gasteiger partial charge in [-0.05, 0) is 33.1 Å². The Labute approximate surface area is 55.9 Å². The summed E-state index contributed by atoms with van der Waals surface area (Å²) in [6.07, 6.45) is 1.38. The van der Waals surface area contributed by atoms with Crippen LogP contribution in [0.2, 0.25) is 0 Å². The van der Waals surface area contributed by atoms with Crippen LogP contribution in [0, 0.1) is 0 Å². The zero-order valence-electron chi connectivity index (χ0n) is 3.94. The summed E-state index contributed by atoms with van der Waals surface area (Å²) in [6, 6.07) is 0. The van der Waals surface area contributed by atoms with Gasteiger partial charge in [-0.2, -0.15) is 0 Å². The predicted octanol–water partition coefficient (Wildman–Crippen LogP) is 0.811. The second kappa shape index (κ2) is 3.01. The molecule has 0 atom stereocenters. The van der Waals surface area contributed by atoms with Crippen LogP contribution in [0.4, 0.5) is 0 Å². The maximum absolute atomic E-state index is 9.95. The van der Waals surface area contributed by atoms with E-state index in [4.69, 9.17) is 5.73 Å². The molecule has 7 heavy (non-hydrogen) atoms. The van der Waals surface area contributed by atoms with Gasteiger partial charge in [0, 0.05) is 6.08 Å². The van der Waals surface area contributed by atoms with Gasteiger partial charge in [0.2, 0.25) is 5.91 Å². The van der Waals surface area contributed by atoms with Crippen molar-refractivity contribution in [3.63, 3.8) is 0 Å². The van der Waals surface area contributed by atoms with Crippen molar-refractivity contribution in [1.82, 2.24) is 0 Å². The number of primary amides is 1. The number of halogens is 1. The Morgan fingerprint density at radius 2 is 2.29 bits per heavy atom. The van der Waals surface area contributed by atoms with Crippen LogP contribution in [-0.2, 0) is 4.79 Å². The minimum absolute atomic E-state index is 0.382. The minimum Gasteiger partial charge on any atom is -0.366 e. The minimum atomic E-state index is -0.382. The van der Waals surface area contributed by atoms with Crippen LogP contribution >= 0.6 is 22.6 Å². The van der Waals surface area contributed by atoms with Gasteiger partial charge in [-0.25, -0.2) is 0 Å². The van der Waals surface area contributed by atoms with Crippen molar-refractivity contribution >= 4 is 28.5 Å². The first-order chi connectivity index (χ1) is 3.13. The maximum atomic E-state index is 9.95. The number of nitrogens with two attached hydrogens (primary N) is 1. The molecule has 0 spiro atoms. The monoisotopic (exact) mass is 211 g/mol. The van der Waals surface area contributed by atoms with Gasteiger partial charge >= 0.3 is 0 Å². The molecule has 0 aromatic carbocycles. The van der Waals surface area contributed by atoms with Gasteiger partial charge < -0.3 is 5.73 Å². The molecule has 0 aliphatic rings. The molecule has 2 nitrogen and oxygen atoms in total. The lowest BCUT2D eigenvalue weighted by atomic mass is 10.5. The van der Waals surface area contributed by atoms with E-state index in [1.807, 2.05) is 29.5 Å². The molecule has 0 aliphatic heterocycles. The highest BCUT2D eigenvalue weighted by Gasteiger charge is 1.82. The van der Waals surface area contributed by atoms with Crippen LogP contribution in [0.25, 0.3) is 0 Å². The Morgan fingerprint density at radius 3 is 2.29 bits per heavy atom. The molecule has 0 heterocycles. The van der Waals surface area contributed by atoms with Crippen molar-refractivity contribution in [2.75, 3.05) is 0 Å². The largest absolute Gasteiger partial charge is 0.366 e. The summed E-state index contributed by atoms with van der Waals surface area (Å²) in [5.74, 6) is -0.382. The molecule has 0 saturated heterocycles. The molecule has 40 valence electrons. The highest BCUT2D eigenvalue weighted by molar-refractivity contribution is 14.1. The SMILES string of the molecule is C/C(I)=C/C(N)=O. The topological polar surface area (TPSA) is 43.1 Å². The van der Waals surface area contributed by atoms with Crippen LogP contribution in [-0.4, -0.2) is 5.91 Å². The van der Waals surface area contributed by atoms with Crippen LogP contribution < -0.4 is 5.73 Å². The van der Waals surface area contributed by atoms with Crippen molar-refractivity contribution in [2.45, 2.75) is 6.92 Å². The zero-order valence-corrected chi connectivity index (χ0v) is 6.10. The molecule has 0 saturated carbocycles. The Balaban J connectivity index is 3.68. The van der Waals surface area contributed by atoms with Crippen molar-refractivity contribution in [1.29, 1.82) is 0 Å². The van der Waals surface area contributed by atoms with E-state index in [0.717, 1.165) is 3.58 Å². The molecule has 3 heteroatoms. The van der Waals surface area contributed by atoms with E-state index in [1.165, 1.54) is 6.08 Å².